The summed E-state index contributed by atoms with van der Waals surface area (Å²) in [5.41, 5.74) is 8.48. The van der Waals surface area contributed by atoms with Gasteiger partial charge in [0.1, 0.15) is 12.4 Å². The van der Waals surface area contributed by atoms with Gasteiger partial charge >= 0.3 is 0 Å². The first kappa shape index (κ1) is 18.7. The summed E-state index contributed by atoms with van der Waals surface area (Å²) in [6, 6.07) is 12.3. The van der Waals surface area contributed by atoms with E-state index < -0.39 is 0 Å². The zero-order valence-electron chi connectivity index (χ0n) is 14.1. The Kier molecular flexibility index (Phi) is 6.60. The van der Waals surface area contributed by atoms with Crippen molar-refractivity contribution in [3.8, 4) is 5.75 Å². The Bertz CT molecular complexity index is 638. The lowest BCUT2D eigenvalue weighted by Crippen LogP contribution is -2.31. The first-order valence-electron chi connectivity index (χ1n) is 8.21. The highest BCUT2D eigenvalue weighted by Gasteiger charge is 2.32. The quantitative estimate of drug-likeness (QED) is 0.871. The Morgan fingerprint density at radius 3 is 2.79 bits per heavy atom. The van der Waals surface area contributed by atoms with Crippen molar-refractivity contribution in [1.82, 2.24) is 9.88 Å². The zero-order chi connectivity index (χ0) is 16.1. The lowest BCUT2D eigenvalue weighted by molar-refractivity contribution is 0.262. The molecule has 1 fully saturated rings. The number of nitrogens with two attached hydrogens (primary N) is 1. The molecular formula is C19H26ClN3O. The molecule has 2 aromatic rings. The van der Waals surface area contributed by atoms with Crippen LogP contribution in [0.2, 0.25) is 0 Å². The molecule has 1 aromatic heterocycles. The van der Waals surface area contributed by atoms with Crippen LogP contribution in [0.15, 0.2) is 48.8 Å². The Morgan fingerprint density at radius 1 is 1.25 bits per heavy atom. The second-order valence-electron chi connectivity index (χ2n) is 6.73. The van der Waals surface area contributed by atoms with Crippen LogP contribution < -0.4 is 10.5 Å². The van der Waals surface area contributed by atoms with Crippen LogP contribution >= 0.6 is 12.4 Å². The van der Waals surface area contributed by atoms with Crippen molar-refractivity contribution in [2.75, 3.05) is 19.6 Å². The number of rotatable bonds is 6. The van der Waals surface area contributed by atoms with Crippen molar-refractivity contribution in [2.45, 2.75) is 26.5 Å². The molecule has 1 atom stereocenters. The predicted octanol–water partition coefficient (Wildman–Crippen LogP) is 3.25. The molecule has 1 aliphatic heterocycles. The highest BCUT2D eigenvalue weighted by atomic mass is 35.5. The molecule has 0 amide bonds. The minimum absolute atomic E-state index is 0. The average molecular weight is 348 g/mol. The number of nitrogens with zero attached hydrogens (tertiary/aromatic N) is 2. The van der Waals surface area contributed by atoms with Crippen LogP contribution in [0, 0.1) is 5.41 Å². The van der Waals surface area contributed by atoms with Crippen molar-refractivity contribution in [3.05, 3.63) is 59.9 Å². The number of benzene rings is 1. The molecule has 1 aromatic carbocycles. The predicted molar refractivity (Wildman–Crippen MR) is 99.3 cm³/mol. The Morgan fingerprint density at radius 2 is 2.08 bits per heavy atom. The van der Waals surface area contributed by atoms with Gasteiger partial charge in [0, 0.05) is 36.6 Å². The minimum Gasteiger partial charge on any atom is -0.489 e. The molecule has 1 unspecified atom stereocenters. The number of aromatic nitrogens is 1. The van der Waals surface area contributed by atoms with E-state index in [-0.39, 0.29) is 17.8 Å². The number of hydrogen-bond acceptors (Lipinski definition) is 4. The molecule has 24 heavy (non-hydrogen) atoms. The maximum Gasteiger partial charge on any atom is 0.124 e. The van der Waals surface area contributed by atoms with Crippen molar-refractivity contribution in [2.24, 2.45) is 11.1 Å². The topological polar surface area (TPSA) is 51.4 Å². The minimum atomic E-state index is 0. The molecule has 1 saturated heterocycles. The van der Waals surface area contributed by atoms with Crippen LogP contribution in [0.3, 0.4) is 0 Å². The van der Waals surface area contributed by atoms with Gasteiger partial charge in [-0.2, -0.15) is 0 Å². The molecule has 0 bridgehead atoms. The van der Waals surface area contributed by atoms with E-state index in [9.17, 15) is 0 Å². The molecule has 4 nitrogen and oxygen atoms in total. The Balaban J connectivity index is 0.00000208. The number of hydrogen-bond donors (Lipinski definition) is 1. The van der Waals surface area contributed by atoms with Gasteiger partial charge in [0.15, 0.2) is 0 Å². The van der Waals surface area contributed by atoms with Crippen molar-refractivity contribution >= 4 is 12.4 Å². The van der Waals surface area contributed by atoms with Gasteiger partial charge in [0.05, 0.1) is 0 Å². The van der Waals surface area contributed by atoms with Crippen LogP contribution in [0.4, 0.5) is 0 Å². The standard InChI is InChI=1S/C19H25N3O.ClH/c1-19(14-20)8-10-22(15-19)12-17-6-2-3-7-18(17)23-13-16-5-4-9-21-11-16;/h2-7,9,11H,8,10,12-15,20H2,1H3;1H. The van der Waals surface area contributed by atoms with Crippen molar-refractivity contribution in [1.29, 1.82) is 0 Å². The molecule has 0 saturated carbocycles. The summed E-state index contributed by atoms with van der Waals surface area (Å²) in [5.74, 6) is 0.956. The SMILES string of the molecule is CC1(CN)CCN(Cc2ccccc2OCc2cccnc2)C1.Cl. The van der Waals surface area contributed by atoms with Gasteiger partial charge in [-0.3, -0.25) is 9.88 Å². The van der Waals surface area contributed by atoms with Gasteiger partial charge < -0.3 is 10.5 Å². The fraction of sp³-hybridized carbons (Fsp3) is 0.421. The second-order valence-corrected chi connectivity index (χ2v) is 6.73. The molecule has 0 aliphatic carbocycles. The molecule has 0 spiro atoms. The van der Waals surface area contributed by atoms with E-state index in [0.717, 1.165) is 37.5 Å². The summed E-state index contributed by atoms with van der Waals surface area (Å²) in [5, 5.41) is 0. The third-order valence-corrected chi connectivity index (χ3v) is 4.61. The van der Waals surface area contributed by atoms with Crippen molar-refractivity contribution in [3.63, 3.8) is 0 Å². The van der Waals surface area contributed by atoms with E-state index in [1.54, 1.807) is 6.20 Å². The van der Waals surface area contributed by atoms with Gasteiger partial charge in [-0.25, -0.2) is 0 Å². The Labute approximate surface area is 150 Å². The number of halogens is 1. The lowest BCUT2D eigenvalue weighted by atomic mass is 9.90. The fourth-order valence-electron chi connectivity index (χ4n) is 3.09. The summed E-state index contributed by atoms with van der Waals surface area (Å²) in [6.07, 6.45) is 4.79. The van der Waals surface area contributed by atoms with Gasteiger partial charge in [0.25, 0.3) is 0 Å². The number of pyridine rings is 1. The van der Waals surface area contributed by atoms with Crippen molar-refractivity contribution < 1.29 is 4.74 Å². The van der Waals surface area contributed by atoms with Crippen LogP contribution in [-0.4, -0.2) is 29.5 Å². The third kappa shape index (κ3) is 4.69. The van der Waals surface area contributed by atoms with E-state index in [2.05, 4.69) is 28.9 Å². The molecule has 0 radical (unpaired) electrons. The average Bonchev–Trinajstić information content (AvgIpc) is 2.97. The maximum atomic E-state index is 6.02. The van der Waals surface area contributed by atoms with Gasteiger partial charge in [-0.15, -0.1) is 12.4 Å². The molecule has 3 rings (SSSR count). The maximum absolute atomic E-state index is 6.02. The largest absolute Gasteiger partial charge is 0.489 e. The van der Waals surface area contributed by atoms with E-state index in [0.29, 0.717) is 6.61 Å². The van der Waals surface area contributed by atoms with Crippen LogP contribution in [-0.2, 0) is 13.2 Å². The highest BCUT2D eigenvalue weighted by molar-refractivity contribution is 5.85. The van der Waals surface area contributed by atoms with E-state index >= 15 is 0 Å². The molecule has 130 valence electrons. The highest BCUT2D eigenvalue weighted by Crippen LogP contribution is 2.31. The van der Waals surface area contributed by atoms with Gasteiger partial charge in [0.2, 0.25) is 0 Å². The number of para-hydroxylation sites is 1. The van der Waals surface area contributed by atoms with Gasteiger partial charge in [-0.1, -0.05) is 31.2 Å². The summed E-state index contributed by atoms with van der Waals surface area (Å²) in [4.78, 5) is 6.60. The smallest absolute Gasteiger partial charge is 0.124 e. The summed E-state index contributed by atoms with van der Waals surface area (Å²) in [6.45, 7) is 6.65. The molecule has 2 heterocycles. The second kappa shape index (κ2) is 8.47. The molecule has 2 N–H and O–H groups in total. The Hall–Kier alpha value is -1.62. The monoisotopic (exact) mass is 347 g/mol. The fourth-order valence-corrected chi connectivity index (χ4v) is 3.09. The number of likely N-dealkylation sites (tertiary alicyclic amines) is 1. The van der Waals surface area contributed by atoms with E-state index in [1.807, 2.05) is 30.5 Å². The van der Waals surface area contributed by atoms with E-state index in [4.69, 9.17) is 10.5 Å². The summed E-state index contributed by atoms with van der Waals surface area (Å²) >= 11 is 0. The molecule has 1 aliphatic rings. The van der Waals surface area contributed by atoms with Crippen LogP contribution in [0.25, 0.3) is 0 Å². The summed E-state index contributed by atoms with van der Waals surface area (Å²) < 4.78 is 6.02. The van der Waals surface area contributed by atoms with Crippen LogP contribution in [0.5, 0.6) is 5.75 Å². The zero-order valence-corrected chi connectivity index (χ0v) is 15.0. The third-order valence-electron chi connectivity index (χ3n) is 4.61. The molecule has 5 heteroatoms. The summed E-state index contributed by atoms with van der Waals surface area (Å²) in [7, 11) is 0. The van der Waals surface area contributed by atoms with E-state index in [1.165, 1.54) is 12.0 Å². The van der Waals surface area contributed by atoms with Gasteiger partial charge in [-0.05, 0) is 37.1 Å². The number of ether oxygens (including phenoxy) is 1. The lowest BCUT2D eigenvalue weighted by Gasteiger charge is -2.23. The first-order valence-corrected chi connectivity index (χ1v) is 8.21. The molecular weight excluding hydrogens is 322 g/mol. The normalized spacial score (nSPS) is 20.6. The first-order chi connectivity index (χ1) is 11.2. The van der Waals surface area contributed by atoms with Crippen LogP contribution in [0.1, 0.15) is 24.5 Å².